The zero-order chi connectivity index (χ0) is 12.3. The zero-order valence-electron chi connectivity index (χ0n) is 9.82. The maximum Gasteiger partial charge on any atom is 0.112 e. The number of hydrogen-bond donors (Lipinski definition) is 2. The molecule has 2 rings (SSSR count). The summed E-state index contributed by atoms with van der Waals surface area (Å²) in [7, 11) is 0. The second-order valence-electron chi connectivity index (χ2n) is 4.06. The van der Waals surface area contributed by atoms with Crippen LogP contribution in [-0.2, 0) is 0 Å². The molecule has 0 bridgehead atoms. The van der Waals surface area contributed by atoms with Crippen molar-refractivity contribution in [1.82, 2.24) is 9.55 Å². The van der Waals surface area contributed by atoms with Crippen LogP contribution in [0.3, 0.4) is 0 Å². The second kappa shape index (κ2) is 5.12. The van der Waals surface area contributed by atoms with E-state index in [-0.39, 0.29) is 6.04 Å². The van der Waals surface area contributed by atoms with Crippen LogP contribution in [0.4, 0.5) is 0 Å². The van der Waals surface area contributed by atoms with Crippen molar-refractivity contribution in [3.63, 3.8) is 0 Å². The summed E-state index contributed by atoms with van der Waals surface area (Å²) >= 11 is 0. The average Bonchev–Trinajstić information content (AvgIpc) is 2.87. The van der Waals surface area contributed by atoms with Crippen molar-refractivity contribution < 1.29 is 5.11 Å². The molecule has 0 saturated heterocycles. The molecule has 4 nitrogen and oxygen atoms in total. The van der Waals surface area contributed by atoms with Crippen LogP contribution < -0.4 is 5.73 Å². The number of nitrogens with two attached hydrogens (primary N) is 1. The van der Waals surface area contributed by atoms with Crippen molar-refractivity contribution in [1.29, 1.82) is 0 Å². The van der Waals surface area contributed by atoms with Gasteiger partial charge in [0.05, 0.1) is 12.0 Å². The van der Waals surface area contributed by atoms with Gasteiger partial charge in [0, 0.05) is 17.9 Å². The summed E-state index contributed by atoms with van der Waals surface area (Å²) in [6.45, 7) is 1.95. The molecule has 2 aromatic rings. The van der Waals surface area contributed by atoms with E-state index in [1.165, 1.54) is 0 Å². The third kappa shape index (κ3) is 2.54. The highest BCUT2D eigenvalue weighted by Crippen LogP contribution is 2.17. The van der Waals surface area contributed by atoms with Gasteiger partial charge in [0.2, 0.25) is 0 Å². The molecule has 0 fully saturated rings. The summed E-state index contributed by atoms with van der Waals surface area (Å²) in [6.07, 6.45) is 3.52. The minimum Gasteiger partial charge on any atom is -0.385 e. The van der Waals surface area contributed by atoms with Crippen LogP contribution in [0.2, 0.25) is 0 Å². The van der Waals surface area contributed by atoms with Crippen molar-refractivity contribution in [2.75, 3.05) is 0 Å². The van der Waals surface area contributed by atoms with E-state index in [4.69, 9.17) is 5.73 Å². The third-order valence-electron chi connectivity index (χ3n) is 2.84. The molecule has 2 unspecified atom stereocenters. The lowest BCUT2D eigenvalue weighted by Crippen LogP contribution is -2.27. The van der Waals surface area contributed by atoms with E-state index >= 15 is 0 Å². The number of nitrogens with zero attached hydrogens (tertiary/aromatic N) is 2. The van der Waals surface area contributed by atoms with E-state index in [2.05, 4.69) is 4.98 Å². The van der Waals surface area contributed by atoms with E-state index in [0.29, 0.717) is 5.69 Å². The molecule has 0 radical (unpaired) electrons. The minimum absolute atomic E-state index is 0.269. The van der Waals surface area contributed by atoms with E-state index in [1.807, 2.05) is 48.0 Å². The van der Waals surface area contributed by atoms with Gasteiger partial charge in [0.25, 0.3) is 0 Å². The maximum atomic E-state index is 9.95. The lowest BCUT2D eigenvalue weighted by Gasteiger charge is -2.14. The molecule has 0 amide bonds. The quantitative estimate of drug-likeness (QED) is 0.840. The highest BCUT2D eigenvalue weighted by atomic mass is 16.3. The van der Waals surface area contributed by atoms with E-state index in [0.717, 1.165) is 12.1 Å². The van der Waals surface area contributed by atoms with Gasteiger partial charge in [-0.2, -0.15) is 0 Å². The van der Waals surface area contributed by atoms with Crippen LogP contribution in [0.25, 0.3) is 5.69 Å². The average molecular weight is 231 g/mol. The Labute approximate surface area is 101 Å². The minimum atomic E-state index is -0.704. The van der Waals surface area contributed by atoms with Crippen LogP contribution in [0.15, 0.2) is 42.9 Å². The molecular formula is C13H17N3O. The van der Waals surface area contributed by atoms with Crippen LogP contribution in [0.5, 0.6) is 0 Å². The Morgan fingerprint density at radius 1 is 1.35 bits per heavy atom. The Morgan fingerprint density at radius 2 is 2.06 bits per heavy atom. The molecule has 1 aromatic heterocycles. The summed E-state index contributed by atoms with van der Waals surface area (Å²) in [5.74, 6) is 0. The summed E-state index contributed by atoms with van der Waals surface area (Å²) in [6, 6.07) is 9.58. The molecule has 1 heterocycles. The zero-order valence-corrected chi connectivity index (χ0v) is 9.82. The van der Waals surface area contributed by atoms with Gasteiger partial charge in [-0.05, 0) is 18.6 Å². The van der Waals surface area contributed by atoms with Gasteiger partial charge in [0.15, 0.2) is 0 Å². The first-order valence-electron chi connectivity index (χ1n) is 5.75. The largest absolute Gasteiger partial charge is 0.385 e. The Morgan fingerprint density at radius 3 is 2.71 bits per heavy atom. The van der Waals surface area contributed by atoms with Crippen LogP contribution in [0, 0.1) is 0 Å². The monoisotopic (exact) mass is 231 g/mol. The number of aliphatic hydroxyl groups is 1. The highest BCUT2D eigenvalue weighted by molar-refractivity contribution is 5.31. The molecule has 0 aliphatic rings. The van der Waals surface area contributed by atoms with Gasteiger partial charge in [-0.25, -0.2) is 4.98 Å². The second-order valence-corrected chi connectivity index (χ2v) is 4.06. The molecule has 1 aromatic carbocycles. The molecule has 90 valence electrons. The van der Waals surface area contributed by atoms with Crippen LogP contribution in [-0.4, -0.2) is 20.7 Å². The fraction of sp³-hybridized carbons (Fsp3) is 0.308. The predicted octanol–water partition coefficient (Wildman–Crippen LogP) is 1.64. The van der Waals surface area contributed by atoms with Gasteiger partial charge in [-0.3, -0.25) is 0 Å². The highest BCUT2D eigenvalue weighted by Gasteiger charge is 2.17. The van der Waals surface area contributed by atoms with Crippen LogP contribution in [0.1, 0.15) is 25.1 Å². The summed E-state index contributed by atoms with van der Waals surface area (Å²) in [5, 5.41) is 9.95. The topological polar surface area (TPSA) is 64.1 Å². The first-order chi connectivity index (χ1) is 8.22. The Bertz CT molecular complexity index is 467. The fourth-order valence-electron chi connectivity index (χ4n) is 1.67. The van der Waals surface area contributed by atoms with E-state index in [9.17, 15) is 5.11 Å². The standard InChI is InChI=1S/C13H17N3O/c1-2-11(14)13(17)12-8-16(9-15-12)10-6-4-3-5-7-10/h3-9,11,13,17H,2,14H2,1H3. The summed E-state index contributed by atoms with van der Waals surface area (Å²) < 4.78 is 1.88. The molecule has 0 saturated carbocycles. The number of rotatable bonds is 4. The number of para-hydroxylation sites is 1. The molecule has 3 N–H and O–H groups in total. The maximum absolute atomic E-state index is 9.95. The number of benzene rings is 1. The number of aromatic nitrogens is 2. The Kier molecular flexibility index (Phi) is 3.56. The van der Waals surface area contributed by atoms with Crippen molar-refractivity contribution in [3.05, 3.63) is 48.5 Å². The molecule has 0 aliphatic heterocycles. The summed E-state index contributed by atoms with van der Waals surface area (Å²) in [4.78, 5) is 4.19. The lowest BCUT2D eigenvalue weighted by atomic mass is 10.1. The Hall–Kier alpha value is -1.65. The van der Waals surface area contributed by atoms with E-state index in [1.54, 1.807) is 6.33 Å². The van der Waals surface area contributed by atoms with Crippen molar-refractivity contribution in [3.8, 4) is 5.69 Å². The summed E-state index contributed by atoms with van der Waals surface area (Å²) in [5.41, 5.74) is 7.43. The molecular weight excluding hydrogens is 214 g/mol. The van der Waals surface area contributed by atoms with Gasteiger partial charge in [0.1, 0.15) is 6.10 Å². The predicted molar refractivity (Wildman–Crippen MR) is 66.8 cm³/mol. The fourth-order valence-corrected chi connectivity index (χ4v) is 1.67. The first-order valence-corrected chi connectivity index (χ1v) is 5.75. The molecule has 17 heavy (non-hydrogen) atoms. The number of aliphatic hydroxyl groups excluding tert-OH is 1. The van der Waals surface area contributed by atoms with Crippen LogP contribution >= 0.6 is 0 Å². The first kappa shape index (κ1) is 11.8. The molecule has 2 atom stereocenters. The van der Waals surface area contributed by atoms with Crippen molar-refractivity contribution in [2.24, 2.45) is 5.73 Å². The van der Waals surface area contributed by atoms with Gasteiger partial charge in [-0.1, -0.05) is 25.1 Å². The molecule has 0 spiro atoms. The molecule has 0 aliphatic carbocycles. The van der Waals surface area contributed by atoms with E-state index < -0.39 is 6.10 Å². The third-order valence-corrected chi connectivity index (χ3v) is 2.84. The lowest BCUT2D eigenvalue weighted by molar-refractivity contribution is 0.140. The SMILES string of the molecule is CCC(N)C(O)c1cn(-c2ccccc2)cn1. The number of imidazole rings is 1. The molecule has 4 heteroatoms. The van der Waals surface area contributed by atoms with Crippen molar-refractivity contribution >= 4 is 0 Å². The van der Waals surface area contributed by atoms with Gasteiger partial charge < -0.3 is 15.4 Å². The van der Waals surface area contributed by atoms with Gasteiger partial charge in [-0.15, -0.1) is 0 Å². The Balaban J connectivity index is 2.22. The van der Waals surface area contributed by atoms with Gasteiger partial charge >= 0.3 is 0 Å². The normalized spacial score (nSPS) is 14.5. The smallest absolute Gasteiger partial charge is 0.112 e. The number of hydrogen-bond acceptors (Lipinski definition) is 3. The van der Waals surface area contributed by atoms with Crippen molar-refractivity contribution in [2.45, 2.75) is 25.5 Å².